The topological polar surface area (TPSA) is 102 Å². The predicted octanol–water partition coefficient (Wildman–Crippen LogP) is 0.237. The molecular formula is C9H13N3O2S. The van der Waals surface area contributed by atoms with Crippen LogP contribution >= 0.6 is 11.8 Å². The van der Waals surface area contributed by atoms with Gasteiger partial charge in [0.05, 0.1) is 5.69 Å². The molecule has 0 fully saturated rings. The number of nitrogens with zero attached hydrogens (tertiary/aromatic N) is 1. The van der Waals surface area contributed by atoms with Crippen LogP contribution < -0.4 is 11.5 Å². The van der Waals surface area contributed by atoms with Gasteiger partial charge in [0.2, 0.25) is 0 Å². The molecule has 1 heterocycles. The lowest BCUT2D eigenvalue weighted by Crippen LogP contribution is -2.13. The van der Waals surface area contributed by atoms with Crippen molar-refractivity contribution in [1.29, 1.82) is 0 Å². The van der Waals surface area contributed by atoms with Crippen LogP contribution in [0.3, 0.4) is 0 Å². The van der Waals surface area contributed by atoms with E-state index in [1.54, 1.807) is 6.07 Å². The smallest absolute Gasteiger partial charge is 0.267 e. The molecule has 5 N–H and O–H groups in total. The molecule has 5 nitrogen and oxygen atoms in total. The highest BCUT2D eigenvalue weighted by Crippen LogP contribution is 2.23. The second kappa shape index (κ2) is 5.57. The minimum absolute atomic E-state index is 0.127. The minimum atomic E-state index is -0.570. The number of aliphatic hydroxyl groups is 1. The van der Waals surface area contributed by atoms with Crippen molar-refractivity contribution in [1.82, 2.24) is 4.98 Å². The summed E-state index contributed by atoms with van der Waals surface area (Å²) in [5, 5.41) is 9.20. The van der Waals surface area contributed by atoms with Crippen LogP contribution in [0.2, 0.25) is 0 Å². The minimum Gasteiger partial charge on any atom is -0.397 e. The van der Waals surface area contributed by atoms with Crippen molar-refractivity contribution >= 4 is 23.4 Å². The highest BCUT2D eigenvalue weighted by molar-refractivity contribution is 7.99. The SMILES string of the molecule is NC(=O)c1ccc(N)c(SCCCO)n1. The van der Waals surface area contributed by atoms with Gasteiger partial charge in [0, 0.05) is 12.4 Å². The number of aromatic nitrogens is 1. The van der Waals surface area contributed by atoms with Gasteiger partial charge in [-0.05, 0) is 18.6 Å². The number of pyridine rings is 1. The third-order valence-corrected chi connectivity index (χ3v) is 2.78. The number of nitrogens with two attached hydrogens (primary N) is 2. The number of rotatable bonds is 5. The van der Waals surface area contributed by atoms with Crippen molar-refractivity contribution in [3.8, 4) is 0 Å². The maximum Gasteiger partial charge on any atom is 0.267 e. The standard InChI is InChI=1S/C9H13N3O2S/c10-6-2-3-7(8(11)14)12-9(6)15-5-1-4-13/h2-3,13H,1,4-5,10H2,(H2,11,14). The van der Waals surface area contributed by atoms with Crippen LogP contribution in [0.1, 0.15) is 16.9 Å². The Morgan fingerprint density at radius 3 is 2.87 bits per heavy atom. The first-order valence-corrected chi connectivity index (χ1v) is 5.43. The number of carbonyl (C=O) groups excluding carboxylic acids is 1. The lowest BCUT2D eigenvalue weighted by atomic mass is 10.3. The van der Waals surface area contributed by atoms with Crippen LogP contribution in [-0.4, -0.2) is 28.4 Å². The molecule has 0 saturated carbocycles. The van der Waals surface area contributed by atoms with E-state index in [1.165, 1.54) is 17.8 Å². The molecule has 1 aromatic heterocycles. The van der Waals surface area contributed by atoms with E-state index < -0.39 is 5.91 Å². The number of aliphatic hydroxyl groups excluding tert-OH is 1. The molecule has 0 saturated heterocycles. The molecule has 82 valence electrons. The number of primary amides is 1. The average molecular weight is 227 g/mol. The lowest BCUT2D eigenvalue weighted by molar-refractivity contribution is 0.0995. The Kier molecular flexibility index (Phi) is 4.38. The molecule has 0 atom stereocenters. The quantitative estimate of drug-likeness (QED) is 0.494. The third kappa shape index (κ3) is 3.41. The van der Waals surface area contributed by atoms with Crippen molar-refractivity contribution in [2.75, 3.05) is 18.1 Å². The zero-order valence-corrected chi connectivity index (χ0v) is 8.96. The molecule has 1 amide bonds. The van der Waals surface area contributed by atoms with E-state index in [-0.39, 0.29) is 12.3 Å². The second-order valence-corrected chi connectivity index (χ2v) is 3.96. The van der Waals surface area contributed by atoms with Gasteiger partial charge in [-0.1, -0.05) is 0 Å². The van der Waals surface area contributed by atoms with E-state index in [0.717, 1.165) is 0 Å². The van der Waals surface area contributed by atoms with Crippen molar-refractivity contribution in [3.05, 3.63) is 17.8 Å². The number of carbonyl (C=O) groups is 1. The van der Waals surface area contributed by atoms with Gasteiger partial charge in [0.15, 0.2) is 0 Å². The number of thioether (sulfide) groups is 1. The summed E-state index contributed by atoms with van der Waals surface area (Å²) < 4.78 is 0. The maximum atomic E-state index is 10.9. The van der Waals surface area contributed by atoms with Crippen LogP contribution in [0.5, 0.6) is 0 Å². The molecule has 0 radical (unpaired) electrons. The van der Waals surface area contributed by atoms with Crippen LogP contribution in [0.15, 0.2) is 17.2 Å². The van der Waals surface area contributed by atoms with Crippen molar-refractivity contribution < 1.29 is 9.90 Å². The fraction of sp³-hybridized carbons (Fsp3) is 0.333. The fourth-order valence-electron chi connectivity index (χ4n) is 0.937. The Morgan fingerprint density at radius 2 is 2.27 bits per heavy atom. The summed E-state index contributed by atoms with van der Waals surface area (Å²) in [6, 6.07) is 3.10. The normalized spacial score (nSPS) is 10.2. The molecule has 1 rings (SSSR count). The Bertz CT molecular complexity index is 357. The van der Waals surface area contributed by atoms with Gasteiger partial charge >= 0.3 is 0 Å². The van der Waals surface area contributed by atoms with E-state index in [9.17, 15) is 4.79 Å². The Balaban J connectivity index is 2.76. The second-order valence-electron chi connectivity index (χ2n) is 2.88. The zero-order valence-electron chi connectivity index (χ0n) is 8.14. The van der Waals surface area contributed by atoms with E-state index in [0.29, 0.717) is 22.9 Å². The van der Waals surface area contributed by atoms with Gasteiger partial charge in [-0.3, -0.25) is 4.79 Å². The van der Waals surface area contributed by atoms with Gasteiger partial charge in [-0.25, -0.2) is 4.98 Å². The summed E-state index contributed by atoms with van der Waals surface area (Å²) in [5.74, 6) is 0.134. The summed E-state index contributed by atoms with van der Waals surface area (Å²) in [4.78, 5) is 14.9. The Labute approximate surface area is 91.9 Å². The zero-order chi connectivity index (χ0) is 11.3. The van der Waals surface area contributed by atoms with Gasteiger partial charge in [-0.2, -0.15) is 0 Å². The molecule has 0 aliphatic carbocycles. The van der Waals surface area contributed by atoms with Gasteiger partial charge < -0.3 is 16.6 Å². The molecular weight excluding hydrogens is 214 g/mol. The van der Waals surface area contributed by atoms with E-state index in [4.69, 9.17) is 16.6 Å². The summed E-state index contributed by atoms with van der Waals surface area (Å²) in [6.45, 7) is 0.127. The maximum absolute atomic E-state index is 10.9. The van der Waals surface area contributed by atoms with E-state index >= 15 is 0 Å². The molecule has 0 bridgehead atoms. The third-order valence-electron chi connectivity index (χ3n) is 1.68. The van der Waals surface area contributed by atoms with E-state index in [1.807, 2.05) is 0 Å². The average Bonchev–Trinajstić information content (AvgIpc) is 2.20. The first-order chi connectivity index (χ1) is 7.15. The number of amides is 1. The van der Waals surface area contributed by atoms with Crippen LogP contribution in [0.25, 0.3) is 0 Å². The lowest BCUT2D eigenvalue weighted by Gasteiger charge is -2.04. The van der Waals surface area contributed by atoms with Crippen LogP contribution in [0, 0.1) is 0 Å². The molecule has 0 aliphatic rings. The first-order valence-electron chi connectivity index (χ1n) is 4.45. The Hall–Kier alpha value is -1.27. The summed E-state index contributed by atoms with van der Waals surface area (Å²) in [6.07, 6.45) is 0.659. The van der Waals surface area contributed by atoms with Crippen molar-refractivity contribution in [3.63, 3.8) is 0 Å². The molecule has 0 aliphatic heterocycles. The van der Waals surface area contributed by atoms with Crippen molar-refractivity contribution in [2.24, 2.45) is 5.73 Å². The van der Waals surface area contributed by atoms with Gasteiger partial charge in [-0.15, -0.1) is 11.8 Å². The molecule has 0 unspecified atom stereocenters. The predicted molar refractivity (Wildman–Crippen MR) is 59.6 cm³/mol. The highest BCUT2D eigenvalue weighted by Gasteiger charge is 2.07. The first kappa shape index (κ1) is 11.8. The van der Waals surface area contributed by atoms with Gasteiger partial charge in [0.25, 0.3) is 5.91 Å². The van der Waals surface area contributed by atoms with Crippen LogP contribution in [0.4, 0.5) is 5.69 Å². The largest absolute Gasteiger partial charge is 0.397 e. The number of anilines is 1. The number of hydrogen-bond donors (Lipinski definition) is 3. The number of hydrogen-bond acceptors (Lipinski definition) is 5. The molecule has 1 aromatic rings. The summed E-state index contributed by atoms with van der Waals surface area (Å²) >= 11 is 1.40. The molecule has 0 spiro atoms. The Morgan fingerprint density at radius 1 is 1.53 bits per heavy atom. The fourth-order valence-corrected chi connectivity index (χ4v) is 1.80. The van der Waals surface area contributed by atoms with E-state index in [2.05, 4.69) is 4.98 Å². The monoisotopic (exact) mass is 227 g/mol. The van der Waals surface area contributed by atoms with Crippen LogP contribution in [-0.2, 0) is 0 Å². The summed E-state index contributed by atoms with van der Waals surface area (Å²) in [7, 11) is 0. The number of nitrogen functional groups attached to an aromatic ring is 1. The molecule has 0 aromatic carbocycles. The van der Waals surface area contributed by atoms with Crippen molar-refractivity contribution in [2.45, 2.75) is 11.4 Å². The summed E-state index contributed by atoms with van der Waals surface area (Å²) in [5.41, 5.74) is 11.5. The molecule has 15 heavy (non-hydrogen) atoms. The van der Waals surface area contributed by atoms with Gasteiger partial charge in [0.1, 0.15) is 10.7 Å². The molecule has 6 heteroatoms. The highest BCUT2D eigenvalue weighted by atomic mass is 32.2.